The van der Waals surface area contributed by atoms with Crippen LogP contribution in [0.4, 0.5) is 0 Å². The predicted octanol–water partition coefficient (Wildman–Crippen LogP) is 2.25. The molecule has 0 spiro atoms. The van der Waals surface area contributed by atoms with Crippen molar-refractivity contribution in [3.63, 3.8) is 0 Å². The minimum absolute atomic E-state index is 0.470. The van der Waals surface area contributed by atoms with E-state index in [1.165, 1.54) is 5.56 Å². The van der Waals surface area contributed by atoms with E-state index < -0.39 is 11.4 Å². The molecule has 0 heterocycles. The lowest BCUT2D eigenvalue weighted by molar-refractivity contribution is -0.146. The zero-order valence-corrected chi connectivity index (χ0v) is 12.1. The summed E-state index contributed by atoms with van der Waals surface area (Å²) in [5.41, 5.74) is 1.61. The minimum Gasteiger partial charge on any atom is -0.496 e. The van der Waals surface area contributed by atoms with Gasteiger partial charge in [0, 0.05) is 6.54 Å². The molecule has 0 amide bonds. The highest BCUT2D eigenvalue weighted by Gasteiger charge is 2.26. The van der Waals surface area contributed by atoms with Gasteiger partial charge in [0.05, 0.1) is 12.5 Å². The van der Waals surface area contributed by atoms with Crippen molar-refractivity contribution in [2.75, 3.05) is 20.2 Å². The summed E-state index contributed by atoms with van der Waals surface area (Å²) in [7, 11) is 1.66. The van der Waals surface area contributed by atoms with E-state index >= 15 is 0 Å². The van der Waals surface area contributed by atoms with Gasteiger partial charge < -0.3 is 15.2 Å². The Balaban J connectivity index is 2.42. The summed E-state index contributed by atoms with van der Waals surface area (Å²) in [6, 6.07) is 6.10. The molecular formula is C15H23NO3. The average Bonchev–Trinajstić information content (AvgIpc) is 2.34. The summed E-state index contributed by atoms with van der Waals surface area (Å²) in [4.78, 5) is 10.9. The SMILES string of the molecule is COc1ccc(CCNCC(C)(C)C(=O)O)cc1C. The first-order valence-corrected chi connectivity index (χ1v) is 6.44. The standard InChI is InChI=1S/C15H23NO3/c1-11-9-12(5-6-13(11)19-4)7-8-16-10-15(2,3)14(17)18/h5-6,9,16H,7-8,10H2,1-4H3,(H,17,18). The van der Waals surface area contributed by atoms with Crippen LogP contribution >= 0.6 is 0 Å². The summed E-state index contributed by atoms with van der Waals surface area (Å²) in [5.74, 6) is 0.115. The van der Waals surface area contributed by atoms with Crippen molar-refractivity contribution in [1.29, 1.82) is 0 Å². The Morgan fingerprint density at radius 3 is 2.63 bits per heavy atom. The predicted molar refractivity (Wildman–Crippen MR) is 75.7 cm³/mol. The van der Waals surface area contributed by atoms with Crippen LogP contribution in [0.15, 0.2) is 18.2 Å². The largest absolute Gasteiger partial charge is 0.496 e. The number of benzene rings is 1. The summed E-state index contributed by atoms with van der Waals surface area (Å²) in [6.45, 7) is 6.70. The van der Waals surface area contributed by atoms with Crippen molar-refractivity contribution in [2.24, 2.45) is 5.41 Å². The van der Waals surface area contributed by atoms with Gasteiger partial charge in [0.2, 0.25) is 0 Å². The Morgan fingerprint density at radius 1 is 1.42 bits per heavy atom. The first kappa shape index (κ1) is 15.5. The normalized spacial score (nSPS) is 11.4. The van der Waals surface area contributed by atoms with Gasteiger partial charge in [-0.05, 0) is 50.9 Å². The number of ether oxygens (including phenoxy) is 1. The van der Waals surface area contributed by atoms with Gasteiger partial charge in [-0.15, -0.1) is 0 Å². The van der Waals surface area contributed by atoms with Crippen LogP contribution in [0.1, 0.15) is 25.0 Å². The van der Waals surface area contributed by atoms with Crippen molar-refractivity contribution in [3.8, 4) is 5.75 Å². The van der Waals surface area contributed by atoms with Crippen LogP contribution in [0, 0.1) is 12.3 Å². The second-order valence-electron chi connectivity index (χ2n) is 5.42. The molecule has 0 atom stereocenters. The lowest BCUT2D eigenvalue weighted by Crippen LogP contribution is -2.36. The highest BCUT2D eigenvalue weighted by Crippen LogP contribution is 2.18. The molecular weight excluding hydrogens is 242 g/mol. The van der Waals surface area contributed by atoms with E-state index in [9.17, 15) is 4.79 Å². The number of nitrogens with one attached hydrogen (secondary N) is 1. The van der Waals surface area contributed by atoms with Crippen molar-refractivity contribution >= 4 is 5.97 Å². The van der Waals surface area contributed by atoms with Crippen molar-refractivity contribution in [3.05, 3.63) is 29.3 Å². The Hall–Kier alpha value is -1.55. The molecule has 1 aromatic rings. The van der Waals surface area contributed by atoms with Crippen LogP contribution in [-0.4, -0.2) is 31.3 Å². The monoisotopic (exact) mass is 265 g/mol. The molecule has 0 unspecified atom stereocenters. The lowest BCUT2D eigenvalue weighted by atomic mass is 9.94. The first-order chi connectivity index (χ1) is 8.86. The second-order valence-corrected chi connectivity index (χ2v) is 5.42. The molecule has 4 heteroatoms. The van der Waals surface area contributed by atoms with Crippen LogP contribution in [0.3, 0.4) is 0 Å². The van der Waals surface area contributed by atoms with Gasteiger partial charge in [0.25, 0.3) is 0 Å². The third-order valence-electron chi connectivity index (χ3n) is 3.20. The number of aryl methyl sites for hydroxylation is 1. The molecule has 1 rings (SSSR count). The Morgan fingerprint density at radius 2 is 2.11 bits per heavy atom. The summed E-state index contributed by atoms with van der Waals surface area (Å²) in [5, 5.41) is 12.2. The smallest absolute Gasteiger partial charge is 0.310 e. The van der Waals surface area contributed by atoms with Gasteiger partial charge in [-0.2, -0.15) is 0 Å². The maximum Gasteiger partial charge on any atom is 0.310 e. The molecule has 0 aliphatic heterocycles. The third-order valence-corrected chi connectivity index (χ3v) is 3.20. The van der Waals surface area contributed by atoms with E-state index in [1.807, 2.05) is 19.1 Å². The molecule has 0 fully saturated rings. The quantitative estimate of drug-likeness (QED) is 0.742. The van der Waals surface area contributed by atoms with E-state index in [-0.39, 0.29) is 0 Å². The van der Waals surface area contributed by atoms with E-state index in [4.69, 9.17) is 9.84 Å². The number of rotatable bonds is 7. The number of aliphatic carboxylic acids is 1. The van der Waals surface area contributed by atoms with Crippen LogP contribution in [0.2, 0.25) is 0 Å². The molecule has 0 aromatic heterocycles. The Bertz CT molecular complexity index is 441. The van der Waals surface area contributed by atoms with E-state index in [0.717, 1.165) is 24.3 Å². The molecule has 19 heavy (non-hydrogen) atoms. The second kappa shape index (κ2) is 6.57. The number of carboxylic acids is 1. The molecule has 0 radical (unpaired) electrons. The molecule has 1 aromatic carbocycles. The van der Waals surface area contributed by atoms with Gasteiger partial charge in [-0.3, -0.25) is 4.79 Å². The minimum atomic E-state index is -0.778. The van der Waals surface area contributed by atoms with Gasteiger partial charge in [-0.25, -0.2) is 0 Å². The number of carbonyl (C=O) groups is 1. The van der Waals surface area contributed by atoms with Crippen LogP contribution in [-0.2, 0) is 11.2 Å². The van der Waals surface area contributed by atoms with Crippen LogP contribution < -0.4 is 10.1 Å². The van der Waals surface area contributed by atoms with Gasteiger partial charge in [0.1, 0.15) is 5.75 Å². The zero-order valence-electron chi connectivity index (χ0n) is 12.1. The number of hydrogen-bond acceptors (Lipinski definition) is 3. The van der Waals surface area contributed by atoms with Gasteiger partial charge in [-0.1, -0.05) is 12.1 Å². The van der Waals surface area contributed by atoms with Gasteiger partial charge >= 0.3 is 5.97 Å². The zero-order chi connectivity index (χ0) is 14.5. The topological polar surface area (TPSA) is 58.6 Å². The molecule has 106 valence electrons. The molecule has 0 aliphatic rings. The Labute approximate surface area is 114 Å². The van der Waals surface area contributed by atoms with Crippen molar-refractivity contribution in [1.82, 2.24) is 5.32 Å². The number of carboxylic acid groups (broad SMARTS) is 1. The fourth-order valence-electron chi connectivity index (χ4n) is 1.81. The summed E-state index contributed by atoms with van der Waals surface area (Å²) < 4.78 is 5.22. The highest BCUT2D eigenvalue weighted by atomic mass is 16.5. The summed E-state index contributed by atoms with van der Waals surface area (Å²) in [6.07, 6.45) is 0.876. The van der Waals surface area contributed by atoms with E-state index in [0.29, 0.717) is 6.54 Å². The molecule has 0 bridgehead atoms. The lowest BCUT2D eigenvalue weighted by Gasteiger charge is -2.19. The first-order valence-electron chi connectivity index (χ1n) is 6.44. The van der Waals surface area contributed by atoms with Crippen LogP contribution in [0.5, 0.6) is 5.75 Å². The Kier molecular flexibility index (Phi) is 5.36. The number of methoxy groups -OCH3 is 1. The molecule has 4 nitrogen and oxygen atoms in total. The van der Waals surface area contributed by atoms with E-state index in [1.54, 1.807) is 21.0 Å². The van der Waals surface area contributed by atoms with Crippen molar-refractivity contribution < 1.29 is 14.6 Å². The third kappa shape index (κ3) is 4.56. The van der Waals surface area contributed by atoms with Crippen molar-refractivity contribution in [2.45, 2.75) is 27.2 Å². The molecule has 0 saturated carbocycles. The summed E-state index contributed by atoms with van der Waals surface area (Å²) >= 11 is 0. The van der Waals surface area contributed by atoms with E-state index in [2.05, 4.69) is 11.4 Å². The maximum atomic E-state index is 10.9. The average molecular weight is 265 g/mol. The highest BCUT2D eigenvalue weighted by molar-refractivity contribution is 5.73. The van der Waals surface area contributed by atoms with Crippen LogP contribution in [0.25, 0.3) is 0 Å². The number of hydrogen-bond donors (Lipinski definition) is 2. The molecule has 0 aliphatic carbocycles. The molecule has 0 saturated heterocycles. The molecule has 2 N–H and O–H groups in total. The van der Waals surface area contributed by atoms with Gasteiger partial charge in [0.15, 0.2) is 0 Å². The maximum absolute atomic E-state index is 10.9. The fourth-order valence-corrected chi connectivity index (χ4v) is 1.81. The fraction of sp³-hybridized carbons (Fsp3) is 0.533.